The van der Waals surface area contributed by atoms with Crippen LogP contribution >= 0.6 is 0 Å². The fourth-order valence-corrected chi connectivity index (χ4v) is 1.34. The predicted molar refractivity (Wildman–Crippen MR) is 37.4 cm³/mol. The van der Waals surface area contributed by atoms with Crippen molar-refractivity contribution in [3.05, 3.63) is 0 Å². The third-order valence-corrected chi connectivity index (χ3v) is 2.03. The van der Waals surface area contributed by atoms with Crippen molar-refractivity contribution in [2.45, 2.75) is 18.6 Å². The van der Waals surface area contributed by atoms with Gasteiger partial charge in [0.2, 0.25) is 0 Å². The molecule has 2 atom stereocenters. The second-order valence-electron chi connectivity index (χ2n) is 2.62. The summed E-state index contributed by atoms with van der Waals surface area (Å²) in [6.45, 7) is 0.969. The molecule has 0 aromatic rings. The number of rotatable bonds is 1. The predicted octanol–water partition coefficient (Wildman–Crippen LogP) is 0.229. The molecular weight excluding hydrogens is 128 g/mol. The summed E-state index contributed by atoms with van der Waals surface area (Å²) in [5.41, 5.74) is 0. The van der Waals surface area contributed by atoms with Crippen LogP contribution in [0.4, 0.5) is 0 Å². The molecule has 1 heterocycles. The highest BCUT2D eigenvalue weighted by Crippen LogP contribution is 2.17. The summed E-state index contributed by atoms with van der Waals surface area (Å²) in [6, 6.07) is 2.18. The number of nitrogens with zero attached hydrogens (tertiary/aromatic N) is 2. The van der Waals surface area contributed by atoms with Crippen LogP contribution in [0.15, 0.2) is 0 Å². The van der Waals surface area contributed by atoms with Crippen molar-refractivity contribution < 1.29 is 4.74 Å². The lowest BCUT2D eigenvalue weighted by Crippen LogP contribution is -2.31. The molecule has 0 aromatic carbocycles. The first-order chi connectivity index (χ1) is 4.79. The molecule has 1 aliphatic heterocycles. The third-order valence-electron chi connectivity index (χ3n) is 2.03. The highest BCUT2D eigenvalue weighted by atomic mass is 16.5. The van der Waals surface area contributed by atoms with Gasteiger partial charge in [0.05, 0.1) is 12.2 Å². The van der Waals surface area contributed by atoms with Crippen LogP contribution in [0.3, 0.4) is 0 Å². The molecule has 10 heavy (non-hydrogen) atoms. The van der Waals surface area contributed by atoms with Crippen molar-refractivity contribution in [2.75, 3.05) is 20.7 Å². The molecule has 0 bridgehead atoms. The van der Waals surface area contributed by atoms with Crippen LogP contribution in [0.2, 0.25) is 0 Å². The Balaban J connectivity index is 2.56. The van der Waals surface area contributed by atoms with Crippen molar-refractivity contribution in [3.63, 3.8) is 0 Å². The van der Waals surface area contributed by atoms with E-state index in [0.717, 1.165) is 13.0 Å². The van der Waals surface area contributed by atoms with E-state index in [2.05, 4.69) is 6.07 Å². The summed E-state index contributed by atoms with van der Waals surface area (Å²) in [4.78, 5) is 2.02. The molecule has 56 valence electrons. The lowest BCUT2D eigenvalue weighted by Gasteiger charge is -2.15. The van der Waals surface area contributed by atoms with Gasteiger partial charge in [-0.1, -0.05) is 0 Å². The second kappa shape index (κ2) is 3.00. The summed E-state index contributed by atoms with van der Waals surface area (Å²) in [7, 11) is 3.61. The molecule has 1 fully saturated rings. The van der Waals surface area contributed by atoms with Gasteiger partial charge in [0, 0.05) is 13.7 Å². The number of likely N-dealkylation sites (N-methyl/N-ethyl adjacent to an activating group) is 1. The third kappa shape index (κ3) is 1.13. The minimum Gasteiger partial charge on any atom is -0.379 e. The minimum absolute atomic E-state index is 0.0370. The summed E-state index contributed by atoms with van der Waals surface area (Å²) in [6.07, 6.45) is 1.10. The Morgan fingerprint density at radius 3 is 2.80 bits per heavy atom. The van der Waals surface area contributed by atoms with Gasteiger partial charge < -0.3 is 4.74 Å². The van der Waals surface area contributed by atoms with Crippen molar-refractivity contribution >= 4 is 0 Å². The topological polar surface area (TPSA) is 36.3 Å². The molecule has 1 saturated heterocycles. The zero-order valence-electron chi connectivity index (χ0n) is 6.37. The lowest BCUT2D eigenvalue weighted by molar-refractivity contribution is 0.0908. The van der Waals surface area contributed by atoms with Gasteiger partial charge in [-0.25, -0.2) is 0 Å². The first-order valence-corrected chi connectivity index (χ1v) is 3.42. The number of hydrogen-bond acceptors (Lipinski definition) is 3. The standard InChI is InChI=1S/C7H12N2O/c1-9-4-3-7(10-2)6(9)5-8/h6-7H,3-4H2,1-2H3. The zero-order chi connectivity index (χ0) is 7.56. The van der Waals surface area contributed by atoms with Crippen molar-refractivity contribution in [1.29, 1.82) is 5.26 Å². The maximum absolute atomic E-state index is 8.67. The number of likely N-dealkylation sites (tertiary alicyclic amines) is 1. The van der Waals surface area contributed by atoms with E-state index in [1.54, 1.807) is 7.11 Å². The van der Waals surface area contributed by atoms with Crippen molar-refractivity contribution in [2.24, 2.45) is 0 Å². The number of methoxy groups -OCH3 is 1. The summed E-state index contributed by atoms with van der Waals surface area (Å²) in [5, 5.41) is 8.67. The fraction of sp³-hybridized carbons (Fsp3) is 0.857. The smallest absolute Gasteiger partial charge is 0.124 e. The van der Waals surface area contributed by atoms with Crippen molar-refractivity contribution in [1.82, 2.24) is 4.90 Å². The minimum atomic E-state index is -0.0370. The van der Waals surface area contributed by atoms with Gasteiger partial charge in [-0.3, -0.25) is 4.90 Å². The Morgan fingerprint density at radius 2 is 2.40 bits per heavy atom. The zero-order valence-corrected chi connectivity index (χ0v) is 6.37. The fourth-order valence-electron chi connectivity index (χ4n) is 1.34. The maximum atomic E-state index is 8.67. The van der Waals surface area contributed by atoms with Crippen LogP contribution in [0.1, 0.15) is 6.42 Å². The molecule has 3 heteroatoms. The molecule has 1 rings (SSSR count). The average molecular weight is 140 g/mol. The van der Waals surface area contributed by atoms with E-state index in [1.165, 1.54) is 0 Å². The van der Waals surface area contributed by atoms with Crippen LogP contribution in [0.5, 0.6) is 0 Å². The van der Waals surface area contributed by atoms with E-state index < -0.39 is 0 Å². The Hall–Kier alpha value is -0.590. The monoisotopic (exact) mass is 140 g/mol. The molecule has 0 N–H and O–H groups in total. The van der Waals surface area contributed by atoms with Crippen LogP contribution in [-0.4, -0.2) is 37.7 Å². The number of nitriles is 1. The van der Waals surface area contributed by atoms with Crippen LogP contribution in [-0.2, 0) is 4.74 Å². The van der Waals surface area contributed by atoms with Crippen LogP contribution in [0.25, 0.3) is 0 Å². The normalized spacial score (nSPS) is 34.1. The van der Waals surface area contributed by atoms with Gasteiger partial charge in [0.25, 0.3) is 0 Å². The molecule has 0 saturated carbocycles. The van der Waals surface area contributed by atoms with Crippen LogP contribution in [0, 0.1) is 11.3 Å². The molecule has 3 nitrogen and oxygen atoms in total. The first-order valence-electron chi connectivity index (χ1n) is 3.42. The molecule has 0 radical (unpaired) electrons. The van der Waals surface area contributed by atoms with Gasteiger partial charge in [0.1, 0.15) is 6.04 Å². The maximum Gasteiger partial charge on any atom is 0.124 e. The molecule has 0 amide bonds. The lowest BCUT2D eigenvalue weighted by atomic mass is 10.2. The molecule has 0 aliphatic carbocycles. The first kappa shape index (κ1) is 7.52. The van der Waals surface area contributed by atoms with Crippen molar-refractivity contribution in [3.8, 4) is 6.07 Å². The van der Waals surface area contributed by atoms with E-state index >= 15 is 0 Å². The molecule has 0 aromatic heterocycles. The van der Waals surface area contributed by atoms with Gasteiger partial charge in [0.15, 0.2) is 0 Å². The SMILES string of the molecule is COC1CCN(C)C1C#N. The van der Waals surface area contributed by atoms with E-state index in [1.807, 2.05) is 11.9 Å². The number of hydrogen-bond donors (Lipinski definition) is 0. The highest BCUT2D eigenvalue weighted by Gasteiger charge is 2.31. The summed E-state index contributed by atoms with van der Waals surface area (Å²) in [5.74, 6) is 0. The van der Waals surface area contributed by atoms with Gasteiger partial charge in [-0.2, -0.15) is 5.26 Å². The molecular formula is C7H12N2O. The number of ether oxygens (including phenoxy) is 1. The largest absolute Gasteiger partial charge is 0.379 e. The summed E-state index contributed by atoms with van der Waals surface area (Å²) >= 11 is 0. The molecule has 2 unspecified atom stereocenters. The van der Waals surface area contributed by atoms with Crippen LogP contribution < -0.4 is 0 Å². The van der Waals surface area contributed by atoms with Gasteiger partial charge in [-0.15, -0.1) is 0 Å². The Labute approximate surface area is 61.2 Å². The highest BCUT2D eigenvalue weighted by molar-refractivity contribution is 5.00. The average Bonchev–Trinajstić information content (AvgIpc) is 2.30. The summed E-state index contributed by atoms with van der Waals surface area (Å²) < 4.78 is 5.12. The second-order valence-corrected chi connectivity index (χ2v) is 2.62. The Morgan fingerprint density at radius 1 is 1.70 bits per heavy atom. The van der Waals surface area contributed by atoms with E-state index in [4.69, 9.17) is 10.00 Å². The van der Waals surface area contributed by atoms with E-state index in [-0.39, 0.29) is 12.1 Å². The Kier molecular flexibility index (Phi) is 2.25. The Bertz CT molecular complexity index is 152. The van der Waals surface area contributed by atoms with Gasteiger partial charge in [-0.05, 0) is 13.5 Å². The van der Waals surface area contributed by atoms with E-state index in [0.29, 0.717) is 0 Å². The molecule has 0 spiro atoms. The van der Waals surface area contributed by atoms with E-state index in [9.17, 15) is 0 Å². The quantitative estimate of drug-likeness (QED) is 0.523. The van der Waals surface area contributed by atoms with Gasteiger partial charge >= 0.3 is 0 Å². The molecule has 1 aliphatic rings.